The first kappa shape index (κ1) is 17.4. The number of carbonyl (C=O) groups is 1. The van der Waals surface area contributed by atoms with E-state index in [2.05, 4.69) is 5.32 Å². The summed E-state index contributed by atoms with van der Waals surface area (Å²) in [6.45, 7) is 2.95. The second kappa shape index (κ2) is 8.09. The molecule has 0 radical (unpaired) electrons. The highest BCUT2D eigenvalue weighted by Crippen LogP contribution is 2.19. The number of aryl methyl sites for hydroxylation is 1. The number of aromatic nitrogens is 1. The van der Waals surface area contributed by atoms with Gasteiger partial charge in [-0.05, 0) is 24.6 Å². The Morgan fingerprint density at radius 3 is 2.58 bits per heavy atom. The Balaban J connectivity index is 2.36. The van der Waals surface area contributed by atoms with Crippen molar-refractivity contribution in [2.45, 2.75) is 19.9 Å². The third kappa shape index (κ3) is 4.09. The normalized spacial score (nSPS) is 10.2. The SMILES string of the molecule is Cc1ccc(-c2ccc(C#N)c(=O)n2CCC(=O)NCCN)cc1. The number of amides is 1. The summed E-state index contributed by atoms with van der Waals surface area (Å²) in [5.41, 5.74) is 7.69. The summed E-state index contributed by atoms with van der Waals surface area (Å²) in [4.78, 5) is 24.3. The van der Waals surface area contributed by atoms with Gasteiger partial charge in [0.2, 0.25) is 5.91 Å². The first-order valence-electron chi connectivity index (χ1n) is 7.74. The number of hydrogen-bond donors (Lipinski definition) is 2. The minimum absolute atomic E-state index is 0.0632. The molecule has 0 spiro atoms. The molecular weight excluding hydrogens is 304 g/mol. The van der Waals surface area contributed by atoms with Gasteiger partial charge < -0.3 is 15.6 Å². The molecule has 0 aliphatic heterocycles. The van der Waals surface area contributed by atoms with Crippen molar-refractivity contribution in [2.24, 2.45) is 5.73 Å². The molecule has 0 aliphatic rings. The van der Waals surface area contributed by atoms with Gasteiger partial charge in [0.05, 0.1) is 5.69 Å². The maximum absolute atomic E-state index is 12.5. The molecule has 0 fully saturated rings. The fourth-order valence-corrected chi connectivity index (χ4v) is 2.38. The van der Waals surface area contributed by atoms with E-state index < -0.39 is 0 Å². The summed E-state index contributed by atoms with van der Waals surface area (Å²) >= 11 is 0. The lowest BCUT2D eigenvalue weighted by Crippen LogP contribution is -2.31. The van der Waals surface area contributed by atoms with Gasteiger partial charge in [0.15, 0.2) is 0 Å². The fourth-order valence-electron chi connectivity index (χ4n) is 2.38. The fraction of sp³-hybridized carbons (Fsp3) is 0.278. The second-order valence-electron chi connectivity index (χ2n) is 5.46. The van der Waals surface area contributed by atoms with Crippen LogP contribution in [0.5, 0.6) is 0 Å². The lowest BCUT2D eigenvalue weighted by atomic mass is 10.1. The maximum Gasteiger partial charge on any atom is 0.268 e. The van der Waals surface area contributed by atoms with Gasteiger partial charge in [-0.1, -0.05) is 29.8 Å². The van der Waals surface area contributed by atoms with Crippen LogP contribution in [0.3, 0.4) is 0 Å². The molecule has 1 heterocycles. The number of nitrogens with zero attached hydrogens (tertiary/aromatic N) is 2. The molecule has 24 heavy (non-hydrogen) atoms. The zero-order valence-electron chi connectivity index (χ0n) is 13.6. The molecule has 0 unspecified atom stereocenters. The number of benzene rings is 1. The maximum atomic E-state index is 12.5. The van der Waals surface area contributed by atoms with Crippen LogP contribution >= 0.6 is 0 Å². The van der Waals surface area contributed by atoms with E-state index in [-0.39, 0.29) is 30.0 Å². The van der Waals surface area contributed by atoms with Gasteiger partial charge >= 0.3 is 0 Å². The van der Waals surface area contributed by atoms with Gasteiger partial charge in [-0.3, -0.25) is 9.59 Å². The van der Waals surface area contributed by atoms with Crippen molar-refractivity contribution in [3.8, 4) is 17.3 Å². The van der Waals surface area contributed by atoms with Crippen molar-refractivity contribution < 1.29 is 4.79 Å². The van der Waals surface area contributed by atoms with Crippen LogP contribution in [0.15, 0.2) is 41.2 Å². The van der Waals surface area contributed by atoms with E-state index in [0.29, 0.717) is 18.8 Å². The molecular formula is C18H20N4O2. The Morgan fingerprint density at radius 2 is 1.96 bits per heavy atom. The van der Waals surface area contributed by atoms with Crippen molar-refractivity contribution in [1.82, 2.24) is 9.88 Å². The van der Waals surface area contributed by atoms with Gasteiger partial charge in [0.1, 0.15) is 11.6 Å². The standard InChI is InChI=1S/C18H20N4O2/c1-13-2-4-14(5-3-13)16-7-6-15(12-20)18(24)22(16)11-8-17(23)21-10-9-19/h2-7H,8-11,19H2,1H3,(H,21,23). The van der Waals surface area contributed by atoms with Gasteiger partial charge in [0.25, 0.3) is 5.56 Å². The highest BCUT2D eigenvalue weighted by atomic mass is 16.1. The summed E-state index contributed by atoms with van der Waals surface area (Å²) in [5.74, 6) is -0.176. The zero-order chi connectivity index (χ0) is 17.5. The molecule has 6 nitrogen and oxygen atoms in total. The van der Waals surface area contributed by atoms with Gasteiger partial charge in [0, 0.05) is 26.1 Å². The first-order chi connectivity index (χ1) is 11.6. The molecule has 2 aromatic rings. The summed E-state index contributed by atoms with van der Waals surface area (Å²) in [5, 5.41) is 11.8. The van der Waals surface area contributed by atoms with Crippen LogP contribution in [0.25, 0.3) is 11.3 Å². The van der Waals surface area contributed by atoms with Crippen LogP contribution in [0.4, 0.5) is 0 Å². The Hall–Kier alpha value is -2.91. The summed E-state index contributed by atoms with van der Waals surface area (Å²) in [6.07, 6.45) is 0.146. The molecule has 1 amide bonds. The number of nitrogens with two attached hydrogens (primary N) is 1. The summed E-state index contributed by atoms with van der Waals surface area (Å²) in [6, 6.07) is 12.9. The number of nitriles is 1. The first-order valence-corrected chi connectivity index (χ1v) is 7.74. The molecule has 0 atom stereocenters. The number of pyridine rings is 1. The van der Waals surface area contributed by atoms with Gasteiger partial charge in [-0.25, -0.2) is 0 Å². The predicted molar refractivity (Wildman–Crippen MR) is 92.3 cm³/mol. The van der Waals surface area contributed by atoms with Crippen LogP contribution < -0.4 is 16.6 Å². The molecule has 0 saturated heterocycles. The molecule has 3 N–H and O–H groups in total. The van der Waals surface area contributed by atoms with Crippen molar-refractivity contribution in [3.63, 3.8) is 0 Å². The number of hydrogen-bond acceptors (Lipinski definition) is 4. The van der Waals surface area contributed by atoms with Crippen LogP contribution in [0.2, 0.25) is 0 Å². The Kier molecular flexibility index (Phi) is 5.88. The minimum Gasteiger partial charge on any atom is -0.355 e. The van der Waals surface area contributed by atoms with Gasteiger partial charge in [-0.15, -0.1) is 0 Å². The smallest absolute Gasteiger partial charge is 0.268 e. The summed E-state index contributed by atoms with van der Waals surface area (Å²) < 4.78 is 1.48. The number of nitrogens with one attached hydrogen (secondary N) is 1. The van der Waals surface area contributed by atoms with E-state index in [1.165, 1.54) is 10.6 Å². The van der Waals surface area contributed by atoms with Crippen molar-refractivity contribution in [1.29, 1.82) is 5.26 Å². The lowest BCUT2D eigenvalue weighted by Gasteiger charge is -2.14. The second-order valence-corrected chi connectivity index (χ2v) is 5.46. The molecule has 6 heteroatoms. The van der Waals surface area contributed by atoms with E-state index in [0.717, 1.165) is 11.1 Å². The largest absolute Gasteiger partial charge is 0.355 e. The predicted octanol–water partition coefficient (Wildman–Crippen LogP) is 1.16. The summed E-state index contributed by atoms with van der Waals surface area (Å²) in [7, 11) is 0. The third-order valence-corrected chi connectivity index (χ3v) is 3.67. The average molecular weight is 324 g/mol. The molecule has 0 aliphatic carbocycles. The van der Waals surface area contributed by atoms with E-state index in [1.807, 2.05) is 37.3 Å². The van der Waals surface area contributed by atoms with E-state index in [1.54, 1.807) is 6.07 Å². The molecule has 0 bridgehead atoms. The van der Waals surface area contributed by atoms with Crippen LogP contribution in [0.1, 0.15) is 17.5 Å². The third-order valence-electron chi connectivity index (χ3n) is 3.67. The van der Waals surface area contributed by atoms with Crippen molar-refractivity contribution in [2.75, 3.05) is 13.1 Å². The number of carbonyl (C=O) groups excluding carboxylic acids is 1. The number of rotatable bonds is 6. The quantitative estimate of drug-likeness (QED) is 0.832. The van der Waals surface area contributed by atoms with Crippen LogP contribution in [0, 0.1) is 18.3 Å². The Bertz CT molecular complexity index is 816. The Morgan fingerprint density at radius 1 is 1.25 bits per heavy atom. The molecule has 1 aromatic heterocycles. The average Bonchev–Trinajstić information content (AvgIpc) is 2.59. The van der Waals surface area contributed by atoms with Gasteiger partial charge in [-0.2, -0.15) is 5.26 Å². The highest BCUT2D eigenvalue weighted by molar-refractivity contribution is 5.75. The van der Waals surface area contributed by atoms with E-state index >= 15 is 0 Å². The lowest BCUT2D eigenvalue weighted by molar-refractivity contribution is -0.121. The molecule has 1 aromatic carbocycles. The molecule has 2 rings (SSSR count). The van der Waals surface area contributed by atoms with Crippen LogP contribution in [-0.4, -0.2) is 23.6 Å². The highest BCUT2D eigenvalue weighted by Gasteiger charge is 2.12. The van der Waals surface area contributed by atoms with E-state index in [9.17, 15) is 9.59 Å². The monoisotopic (exact) mass is 324 g/mol. The minimum atomic E-state index is -0.387. The zero-order valence-corrected chi connectivity index (χ0v) is 13.6. The topological polar surface area (TPSA) is 101 Å². The van der Waals surface area contributed by atoms with Crippen molar-refractivity contribution >= 4 is 5.91 Å². The molecule has 0 saturated carbocycles. The van der Waals surface area contributed by atoms with Crippen LogP contribution in [-0.2, 0) is 11.3 Å². The van der Waals surface area contributed by atoms with E-state index in [4.69, 9.17) is 11.0 Å². The Labute approximate surface area is 140 Å². The molecule has 124 valence electrons. The van der Waals surface area contributed by atoms with Crippen molar-refractivity contribution in [3.05, 3.63) is 57.9 Å².